The first-order chi connectivity index (χ1) is 15.3. The van der Waals surface area contributed by atoms with Gasteiger partial charge in [0, 0.05) is 12.6 Å². The van der Waals surface area contributed by atoms with Crippen molar-refractivity contribution in [3.05, 3.63) is 72.1 Å². The van der Waals surface area contributed by atoms with E-state index in [0.29, 0.717) is 28.2 Å². The minimum Gasteiger partial charge on any atom is -0.441 e. The molecule has 1 aliphatic heterocycles. The van der Waals surface area contributed by atoms with Gasteiger partial charge in [-0.3, -0.25) is 14.5 Å². The van der Waals surface area contributed by atoms with Crippen LogP contribution in [0.1, 0.15) is 18.4 Å². The van der Waals surface area contributed by atoms with Crippen molar-refractivity contribution in [2.45, 2.75) is 19.4 Å². The number of imide groups is 1. The van der Waals surface area contributed by atoms with Crippen molar-refractivity contribution in [2.75, 3.05) is 11.9 Å². The van der Waals surface area contributed by atoms with E-state index in [2.05, 4.69) is 15.6 Å². The highest BCUT2D eigenvalue weighted by atomic mass is 16.3. The Morgan fingerprint density at radius 1 is 1.09 bits per heavy atom. The number of oxazole rings is 1. The average Bonchev–Trinajstić information content (AvgIpc) is 3.24. The lowest BCUT2D eigenvalue weighted by molar-refractivity contribution is -0.133. The third kappa shape index (κ3) is 3.26. The van der Waals surface area contributed by atoms with Crippen LogP contribution in [0, 0.1) is 6.92 Å². The highest BCUT2D eigenvalue weighted by Crippen LogP contribution is 2.31. The molecule has 8 heteroatoms. The number of hydrogen-bond acceptors (Lipinski definition) is 5. The normalized spacial score (nSPS) is 18.4. The van der Waals surface area contributed by atoms with Crippen molar-refractivity contribution >= 4 is 45.4 Å². The molecule has 32 heavy (non-hydrogen) atoms. The number of rotatable bonds is 4. The van der Waals surface area contributed by atoms with Crippen molar-refractivity contribution in [2.24, 2.45) is 0 Å². The van der Waals surface area contributed by atoms with Gasteiger partial charge in [-0.1, -0.05) is 36.4 Å². The van der Waals surface area contributed by atoms with Crippen LogP contribution in [-0.2, 0) is 15.1 Å². The van der Waals surface area contributed by atoms with Crippen LogP contribution in [0.5, 0.6) is 0 Å². The minimum absolute atomic E-state index is 0.399. The third-order valence-corrected chi connectivity index (χ3v) is 5.68. The first-order valence-corrected chi connectivity index (χ1v) is 10.1. The lowest BCUT2D eigenvalue weighted by Gasteiger charge is -2.22. The van der Waals surface area contributed by atoms with Crippen LogP contribution in [-0.4, -0.2) is 34.3 Å². The molecule has 0 radical (unpaired) electrons. The number of aryl methyl sites for hydroxylation is 1. The third-order valence-electron chi connectivity index (χ3n) is 5.68. The van der Waals surface area contributed by atoms with Crippen molar-refractivity contribution in [1.82, 2.24) is 15.2 Å². The number of fused-ring (bicyclic) bond motifs is 2. The molecule has 0 bridgehead atoms. The molecular weight excluding hydrogens is 408 g/mol. The van der Waals surface area contributed by atoms with Crippen molar-refractivity contribution in [3.8, 4) is 0 Å². The zero-order chi connectivity index (χ0) is 22.5. The summed E-state index contributed by atoms with van der Waals surface area (Å²) in [6, 6.07) is 17.8. The number of benzene rings is 3. The summed E-state index contributed by atoms with van der Waals surface area (Å²) in [5, 5.41) is 7.45. The molecule has 3 aromatic carbocycles. The first-order valence-electron chi connectivity index (χ1n) is 10.1. The largest absolute Gasteiger partial charge is 0.441 e. The summed E-state index contributed by atoms with van der Waals surface area (Å²) in [5.74, 6) is -0.442. The van der Waals surface area contributed by atoms with Crippen LogP contribution in [0.2, 0.25) is 0 Å². The van der Waals surface area contributed by atoms with E-state index >= 15 is 0 Å². The number of nitrogens with one attached hydrogen (secondary N) is 2. The second kappa shape index (κ2) is 7.19. The summed E-state index contributed by atoms with van der Waals surface area (Å²) in [6.45, 7) is 2.99. The smallest absolute Gasteiger partial charge is 0.325 e. The van der Waals surface area contributed by atoms with Gasteiger partial charge in [0.1, 0.15) is 17.6 Å². The lowest BCUT2D eigenvalue weighted by Crippen LogP contribution is -2.42. The molecule has 0 saturated carbocycles. The van der Waals surface area contributed by atoms with Gasteiger partial charge in [-0.15, -0.1) is 0 Å². The molecule has 1 aliphatic rings. The Morgan fingerprint density at radius 3 is 2.69 bits per heavy atom. The zero-order valence-electron chi connectivity index (χ0n) is 17.5. The van der Waals surface area contributed by atoms with Crippen molar-refractivity contribution in [1.29, 1.82) is 0 Å². The predicted octanol–water partition coefficient (Wildman–Crippen LogP) is 3.70. The van der Waals surface area contributed by atoms with E-state index in [-0.39, 0.29) is 0 Å². The summed E-state index contributed by atoms with van der Waals surface area (Å²) in [6.07, 6.45) is 0. The topological polar surface area (TPSA) is 105 Å². The molecule has 0 spiro atoms. The SMILES string of the molecule is Cc1nc2cc(NC(=O)CN3C(=O)N[C@@](C)(c4ccc5ccccc5c4)C3=O)ccc2o1. The molecule has 0 unspecified atom stereocenters. The molecule has 1 atom stereocenters. The number of anilines is 1. The molecule has 1 fully saturated rings. The standard InChI is InChI=1S/C24H20N4O4/c1-14-25-19-12-18(9-10-20(19)32-14)26-21(29)13-28-22(30)24(2,27-23(28)31)17-8-7-15-5-3-4-6-16(15)11-17/h3-12H,13H2,1-2H3,(H,26,29)(H,27,31)/t24-/m0/s1. The number of carbonyl (C=O) groups excluding carboxylic acids is 3. The van der Waals surface area contributed by atoms with Crippen LogP contribution in [0.15, 0.2) is 65.1 Å². The van der Waals surface area contributed by atoms with Crippen LogP contribution in [0.25, 0.3) is 21.9 Å². The number of urea groups is 1. The Kier molecular flexibility index (Phi) is 4.44. The van der Waals surface area contributed by atoms with Crippen molar-refractivity contribution < 1.29 is 18.8 Å². The summed E-state index contributed by atoms with van der Waals surface area (Å²) in [4.78, 5) is 43.5. The fourth-order valence-corrected chi connectivity index (χ4v) is 4.00. The second-order valence-electron chi connectivity index (χ2n) is 7.97. The Hall–Kier alpha value is -4.20. The Labute approximate surface area is 183 Å². The van der Waals surface area contributed by atoms with E-state index in [1.165, 1.54) is 0 Å². The minimum atomic E-state index is -1.25. The Balaban J connectivity index is 1.35. The summed E-state index contributed by atoms with van der Waals surface area (Å²) in [7, 11) is 0. The summed E-state index contributed by atoms with van der Waals surface area (Å²) in [5.41, 5.74) is 1.13. The maximum absolute atomic E-state index is 13.2. The summed E-state index contributed by atoms with van der Waals surface area (Å²) < 4.78 is 5.43. The summed E-state index contributed by atoms with van der Waals surface area (Å²) >= 11 is 0. The van der Waals surface area contributed by atoms with E-state index in [1.807, 2.05) is 42.5 Å². The van der Waals surface area contributed by atoms with Gasteiger partial charge < -0.3 is 15.1 Å². The van der Waals surface area contributed by atoms with Gasteiger partial charge in [0.15, 0.2) is 11.5 Å². The highest BCUT2D eigenvalue weighted by Gasteiger charge is 2.49. The number of nitrogens with zero attached hydrogens (tertiary/aromatic N) is 2. The van der Waals surface area contributed by atoms with E-state index in [9.17, 15) is 14.4 Å². The number of amides is 4. The number of aromatic nitrogens is 1. The first kappa shape index (κ1) is 19.7. The van der Waals surface area contributed by atoms with E-state index < -0.39 is 29.9 Å². The molecule has 1 saturated heterocycles. The number of hydrogen-bond donors (Lipinski definition) is 2. The van der Waals surface area contributed by atoms with E-state index in [0.717, 1.165) is 15.7 Å². The van der Waals surface area contributed by atoms with E-state index in [1.54, 1.807) is 32.0 Å². The Bertz CT molecular complexity index is 1410. The van der Waals surface area contributed by atoms with Gasteiger partial charge in [0.05, 0.1) is 0 Å². The molecule has 5 rings (SSSR count). The molecule has 4 aromatic rings. The van der Waals surface area contributed by atoms with Gasteiger partial charge in [0.25, 0.3) is 5.91 Å². The highest BCUT2D eigenvalue weighted by molar-refractivity contribution is 6.10. The molecule has 2 N–H and O–H groups in total. The maximum atomic E-state index is 13.2. The zero-order valence-corrected chi connectivity index (χ0v) is 17.5. The van der Waals surface area contributed by atoms with E-state index in [4.69, 9.17) is 4.42 Å². The van der Waals surface area contributed by atoms with Gasteiger partial charge in [-0.2, -0.15) is 0 Å². The second-order valence-corrected chi connectivity index (χ2v) is 7.97. The van der Waals surface area contributed by atoms with Crippen LogP contribution in [0.4, 0.5) is 10.5 Å². The van der Waals surface area contributed by atoms with Crippen molar-refractivity contribution in [3.63, 3.8) is 0 Å². The molecule has 2 heterocycles. The fraction of sp³-hybridized carbons (Fsp3) is 0.167. The molecule has 160 valence electrons. The number of carbonyl (C=O) groups is 3. The lowest BCUT2D eigenvalue weighted by atomic mass is 9.90. The monoisotopic (exact) mass is 428 g/mol. The van der Waals surface area contributed by atoms with Gasteiger partial charge in [-0.05, 0) is 47.5 Å². The molecule has 0 aliphatic carbocycles. The van der Waals surface area contributed by atoms with Gasteiger partial charge >= 0.3 is 6.03 Å². The van der Waals surface area contributed by atoms with Gasteiger partial charge in [0.2, 0.25) is 5.91 Å². The molecule has 1 aromatic heterocycles. The Morgan fingerprint density at radius 2 is 1.88 bits per heavy atom. The molecule has 4 amide bonds. The van der Waals surface area contributed by atoms with Gasteiger partial charge in [-0.25, -0.2) is 9.78 Å². The van der Waals surface area contributed by atoms with Crippen LogP contribution in [0.3, 0.4) is 0 Å². The van der Waals surface area contributed by atoms with Crippen LogP contribution >= 0.6 is 0 Å². The van der Waals surface area contributed by atoms with Crippen LogP contribution < -0.4 is 10.6 Å². The predicted molar refractivity (Wildman–Crippen MR) is 119 cm³/mol. The quantitative estimate of drug-likeness (QED) is 0.483. The molecule has 8 nitrogen and oxygen atoms in total. The molecular formula is C24H20N4O4. The average molecular weight is 428 g/mol. The maximum Gasteiger partial charge on any atom is 0.325 e. The fourth-order valence-electron chi connectivity index (χ4n) is 4.00.